The van der Waals surface area contributed by atoms with Crippen molar-refractivity contribution in [3.63, 3.8) is 0 Å². The number of hydrogen-bond acceptors (Lipinski definition) is 4. The number of carbonyl (C=O) groups excluding carboxylic acids is 2. The van der Waals surface area contributed by atoms with Crippen LogP contribution < -0.4 is 9.62 Å². The topological polar surface area (TPSA) is 86.8 Å². The number of benzene rings is 2. The molecular formula is C24H30F3N3O4S. The average Bonchev–Trinajstić information content (AvgIpc) is 2.80. The van der Waals surface area contributed by atoms with Crippen LogP contribution in [-0.4, -0.2) is 50.5 Å². The third-order valence-corrected chi connectivity index (χ3v) is 6.49. The van der Waals surface area contributed by atoms with Crippen molar-refractivity contribution >= 4 is 27.5 Å². The van der Waals surface area contributed by atoms with Crippen LogP contribution in [0.5, 0.6) is 0 Å². The summed E-state index contributed by atoms with van der Waals surface area (Å²) >= 11 is 0. The third kappa shape index (κ3) is 7.98. The Hall–Kier alpha value is -3.08. The van der Waals surface area contributed by atoms with Crippen molar-refractivity contribution in [1.29, 1.82) is 0 Å². The van der Waals surface area contributed by atoms with Crippen LogP contribution >= 0.6 is 0 Å². The fourth-order valence-corrected chi connectivity index (χ4v) is 4.31. The first kappa shape index (κ1) is 28.2. The van der Waals surface area contributed by atoms with Gasteiger partial charge < -0.3 is 10.2 Å². The van der Waals surface area contributed by atoms with Crippen LogP contribution in [0.2, 0.25) is 0 Å². The molecule has 0 heterocycles. The number of nitrogens with zero attached hydrogens (tertiary/aromatic N) is 2. The van der Waals surface area contributed by atoms with E-state index in [1.165, 1.54) is 29.2 Å². The summed E-state index contributed by atoms with van der Waals surface area (Å²) in [5.41, 5.74) is 0.292. The molecule has 2 amide bonds. The summed E-state index contributed by atoms with van der Waals surface area (Å²) in [6.07, 6.45) is 2.66. The highest BCUT2D eigenvalue weighted by Crippen LogP contribution is 2.22. The van der Waals surface area contributed by atoms with Gasteiger partial charge >= 0.3 is 0 Å². The van der Waals surface area contributed by atoms with Gasteiger partial charge in [-0.15, -0.1) is 0 Å². The quantitative estimate of drug-likeness (QED) is 0.440. The fraction of sp³-hybridized carbons (Fsp3) is 0.417. The Morgan fingerprint density at radius 1 is 1.00 bits per heavy atom. The summed E-state index contributed by atoms with van der Waals surface area (Å²) in [6, 6.07) is 6.90. The van der Waals surface area contributed by atoms with Gasteiger partial charge in [-0.05, 0) is 42.7 Å². The Morgan fingerprint density at radius 2 is 1.66 bits per heavy atom. The second-order valence-corrected chi connectivity index (χ2v) is 9.99. The summed E-state index contributed by atoms with van der Waals surface area (Å²) in [5, 5.41) is 2.78. The largest absolute Gasteiger partial charge is 0.354 e. The van der Waals surface area contributed by atoms with Crippen LogP contribution in [0.4, 0.5) is 18.9 Å². The molecule has 35 heavy (non-hydrogen) atoms. The van der Waals surface area contributed by atoms with Crippen molar-refractivity contribution in [3.8, 4) is 0 Å². The maximum atomic E-state index is 13.8. The normalized spacial score (nSPS) is 12.2. The van der Waals surface area contributed by atoms with E-state index >= 15 is 0 Å². The standard InChI is InChI=1S/C24H30F3N3O4S/c1-4-6-13-28-24(32)22(5-2)29(15-17-7-9-18(25)10-8-17)23(31)16-30(35(3,33)34)19-11-12-20(26)21(27)14-19/h7-12,14,22H,4-6,13,15-16H2,1-3H3,(H,28,32). The Morgan fingerprint density at radius 3 is 2.20 bits per heavy atom. The lowest BCUT2D eigenvalue weighted by atomic mass is 10.1. The van der Waals surface area contributed by atoms with Gasteiger partial charge in [-0.25, -0.2) is 21.6 Å². The zero-order valence-corrected chi connectivity index (χ0v) is 20.7. The predicted molar refractivity (Wildman–Crippen MR) is 127 cm³/mol. The van der Waals surface area contributed by atoms with Crippen molar-refractivity contribution < 1.29 is 31.2 Å². The molecule has 7 nitrogen and oxygen atoms in total. The third-order valence-electron chi connectivity index (χ3n) is 5.35. The van der Waals surface area contributed by atoms with Crippen molar-refractivity contribution in [2.75, 3.05) is 23.7 Å². The number of carbonyl (C=O) groups is 2. The highest BCUT2D eigenvalue weighted by molar-refractivity contribution is 7.92. The summed E-state index contributed by atoms with van der Waals surface area (Å²) in [5.74, 6) is -4.05. The molecule has 11 heteroatoms. The smallest absolute Gasteiger partial charge is 0.244 e. The number of anilines is 1. The first-order chi connectivity index (χ1) is 16.5. The van der Waals surface area contributed by atoms with Gasteiger partial charge in [-0.2, -0.15) is 0 Å². The van der Waals surface area contributed by atoms with Crippen LogP contribution in [0.15, 0.2) is 42.5 Å². The number of nitrogens with one attached hydrogen (secondary N) is 1. The molecule has 0 radical (unpaired) electrons. The van der Waals surface area contributed by atoms with Crippen molar-refractivity contribution in [3.05, 3.63) is 65.5 Å². The molecule has 2 aromatic carbocycles. The second kappa shape index (κ2) is 12.6. The number of unbranched alkanes of at least 4 members (excludes halogenated alkanes) is 1. The molecule has 192 valence electrons. The van der Waals surface area contributed by atoms with E-state index in [1.54, 1.807) is 6.92 Å². The number of hydrogen-bond donors (Lipinski definition) is 1. The molecule has 0 spiro atoms. The van der Waals surface area contributed by atoms with Crippen molar-refractivity contribution in [1.82, 2.24) is 10.2 Å². The van der Waals surface area contributed by atoms with Gasteiger partial charge in [-0.1, -0.05) is 32.4 Å². The Balaban J connectivity index is 2.41. The molecule has 0 aliphatic rings. The van der Waals surface area contributed by atoms with Gasteiger partial charge in [0.25, 0.3) is 0 Å². The van der Waals surface area contributed by atoms with E-state index in [2.05, 4.69) is 5.32 Å². The Labute approximate surface area is 204 Å². The van der Waals surface area contributed by atoms with Gasteiger partial charge in [0.15, 0.2) is 11.6 Å². The predicted octanol–water partition coefficient (Wildman–Crippen LogP) is 3.59. The van der Waals surface area contributed by atoms with Crippen LogP contribution in [0.1, 0.15) is 38.7 Å². The van der Waals surface area contributed by atoms with E-state index in [0.29, 0.717) is 22.5 Å². The molecular weight excluding hydrogens is 483 g/mol. The van der Waals surface area contributed by atoms with E-state index in [4.69, 9.17) is 0 Å². The maximum Gasteiger partial charge on any atom is 0.244 e. The van der Waals surface area contributed by atoms with Crippen LogP contribution in [0, 0.1) is 17.5 Å². The van der Waals surface area contributed by atoms with Gasteiger partial charge in [0.1, 0.15) is 18.4 Å². The van der Waals surface area contributed by atoms with Gasteiger partial charge in [0.2, 0.25) is 21.8 Å². The molecule has 0 saturated carbocycles. The summed E-state index contributed by atoms with van der Waals surface area (Å²) < 4.78 is 66.1. The number of amides is 2. The van der Waals surface area contributed by atoms with Gasteiger partial charge in [-0.3, -0.25) is 13.9 Å². The highest BCUT2D eigenvalue weighted by atomic mass is 32.2. The Kier molecular flexibility index (Phi) is 10.1. The number of halogens is 3. The zero-order chi connectivity index (χ0) is 26.2. The minimum absolute atomic E-state index is 0.0891. The molecule has 0 aromatic heterocycles. The average molecular weight is 514 g/mol. The van der Waals surface area contributed by atoms with E-state index < -0.39 is 51.9 Å². The molecule has 2 aromatic rings. The molecule has 0 aliphatic carbocycles. The minimum atomic E-state index is -4.08. The van der Waals surface area contributed by atoms with E-state index in [1.807, 2.05) is 6.92 Å². The second-order valence-electron chi connectivity index (χ2n) is 8.08. The SMILES string of the molecule is CCCCNC(=O)C(CC)N(Cc1ccc(F)cc1)C(=O)CN(c1ccc(F)c(F)c1)S(C)(=O)=O. The molecule has 0 fully saturated rings. The molecule has 0 aliphatic heterocycles. The highest BCUT2D eigenvalue weighted by Gasteiger charge is 2.31. The molecule has 0 saturated heterocycles. The van der Waals surface area contributed by atoms with E-state index in [9.17, 15) is 31.2 Å². The van der Waals surface area contributed by atoms with Gasteiger partial charge in [0, 0.05) is 19.2 Å². The van der Waals surface area contributed by atoms with Crippen LogP contribution in [0.25, 0.3) is 0 Å². The molecule has 0 bridgehead atoms. The number of sulfonamides is 1. The maximum absolute atomic E-state index is 13.8. The molecule has 1 unspecified atom stereocenters. The van der Waals surface area contributed by atoms with Gasteiger partial charge in [0.05, 0.1) is 11.9 Å². The molecule has 1 atom stereocenters. The number of rotatable bonds is 12. The van der Waals surface area contributed by atoms with Crippen LogP contribution in [0.3, 0.4) is 0 Å². The fourth-order valence-electron chi connectivity index (χ4n) is 3.47. The molecule has 1 N–H and O–H groups in total. The van der Waals surface area contributed by atoms with Crippen LogP contribution in [-0.2, 0) is 26.2 Å². The monoisotopic (exact) mass is 513 g/mol. The Bertz CT molecular complexity index is 1130. The van der Waals surface area contributed by atoms with Crippen molar-refractivity contribution in [2.45, 2.75) is 45.7 Å². The van der Waals surface area contributed by atoms with E-state index in [-0.39, 0.29) is 18.7 Å². The van der Waals surface area contributed by atoms with E-state index in [0.717, 1.165) is 31.2 Å². The lowest BCUT2D eigenvalue weighted by Gasteiger charge is -2.33. The lowest BCUT2D eigenvalue weighted by molar-refractivity contribution is -0.140. The summed E-state index contributed by atoms with van der Waals surface area (Å²) in [4.78, 5) is 27.5. The first-order valence-corrected chi connectivity index (χ1v) is 13.1. The zero-order valence-electron chi connectivity index (χ0n) is 19.9. The summed E-state index contributed by atoms with van der Waals surface area (Å²) in [6.45, 7) is 3.25. The molecule has 2 rings (SSSR count). The first-order valence-electron chi connectivity index (χ1n) is 11.2. The lowest BCUT2D eigenvalue weighted by Crippen LogP contribution is -2.52. The minimum Gasteiger partial charge on any atom is -0.354 e. The summed E-state index contributed by atoms with van der Waals surface area (Å²) in [7, 11) is -4.08. The van der Waals surface area contributed by atoms with Crippen molar-refractivity contribution in [2.24, 2.45) is 0 Å².